The van der Waals surface area contributed by atoms with Crippen LogP contribution in [0, 0.1) is 12.7 Å². The number of rotatable bonds is 7. The zero-order valence-corrected chi connectivity index (χ0v) is 19.6. The van der Waals surface area contributed by atoms with Gasteiger partial charge in [0.2, 0.25) is 0 Å². The fraction of sp³-hybridized carbons (Fsp3) is 0.360. The average Bonchev–Trinajstić information content (AvgIpc) is 2.81. The van der Waals surface area contributed by atoms with Crippen molar-refractivity contribution in [2.24, 2.45) is 0 Å². The van der Waals surface area contributed by atoms with Gasteiger partial charge in [-0.2, -0.15) is 0 Å². The van der Waals surface area contributed by atoms with E-state index < -0.39 is 0 Å². The minimum absolute atomic E-state index is 0.117. The Balaban J connectivity index is 1.51. The van der Waals surface area contributed by atoms with E-state index in [1.54, 1.807) is 12.1 Å². The molecular formula is C25H29FN4O2S. The van der Waals surface area contributed by atoms with Gasteiger partial charge >= 0.3 is 0 Å². The van der Waals surface area contributed by atoms with Gasteiger partial charge in [-0.3, -0.25) is 9.69 Å². The number of H-pyrrole nitrogens is 1. The number of halogens is 1. The molecule has 1 saturated heterocycles. The third-order valence-corrected chi connectivity index (χ3v) is 6.19. The summed E-state index contributed by atoms with van der Waals surface area (Å²) in [7, 11) is 0. The summed E-state index contributed by atoms with van der Waals surface area (Å²) in [6.07, 6.45) is 0.899. The van der Waals surface area contributed by atoms with Crippen LogP contribution in [-0.2, 0) is 11.3 Å². The molecule has 1 aliphatic rings. The molecule has 2 N–H and O–H groups in total. The topological polar surface area (TPSA) is 60.6 Å². The van der Waals surface area contributed by atoms with Crippen molar-refractivity contribution in [1.82, 2.24) is 14.8 Å². The van der Waals surface area contributed by atoms with Crippen LogP contribution in [0.3, 0.4) is 0 Å². The highest BCUT2D eigenvalue weighted by Gasteiger charge is 2.16. The lowest BCUT2D eigenvalue weighted by Gasteiger charge is -2.29. The first-order chi connectivity index (χ1) is 16.0. The van der Waals surface area contributed by atoms with Gasteiger partial charge in [-0.15, -0.1) is 0 Å². The molecule has 3 aromatic rings. The van der Waals surface area contributed by atoms with Crippen molar-refractivity contribution < 1.29 is 9.13 Å². The zero-order valence-electron chi connectivity index (χ0n) is 18.8. The van der Waals surface area contributed by atoms with Crippen molar-refractivity contribution in [1.29, 1.82) is 0 Å². The van der Waals surface area contributed by atoms with Crippen LogP contribution in [0.1, 0.15) is 17.5 Å². The van der Waals surface area contributed by atoms with E-state index in [2.05, 4.69) is 21.3 Å². The van der Waals surface area contributed by atoms with Crippen LogP contribution in [0.15, 0.2) is 53.3 Å². The Morgan fingerprint density at radius 3 is 2.70 bits per heavy atom. The highest BCUT2D eigenvalue weighted by Crippen LogP contribution is 2.16. The van der Waals surface area contributed by atoms with E-state index in [1.165, 1.54) is 12.1 Å². The Kier molecular flexibility index (Phi) is 7.69. The Morgan fingerprint density at radius 1 is 1.18 bits per heavy atom. The monoisotopic (exact) mass is 468 g/mol. The molecule has 0 atom stereocenters. The number of pyridine rings is 1. The second kappa shape index (κ2) is 10.9. The maximum Gasteiger partial charge on any atom is 0.253 e. The number of aryl methyl sites for hydroxylation is 1. The first-order valence-corrected chi connectivity index (χ1v) is 11.6. The van der Waals surface area contributed by atoms with Crippen LogP contribution in [-0.4, -0.2) is 59.3 Å². The second-order valence-corrected chi connectivity index (χ2v) is 8.77. The summed E-state index contributed by atoms with van der Waals surface area (Å²) in [4.78, 5) is 20.2. The molecule has 8 heteroatoms. The van der Waals surface area contributed by atoms with Gasteiger partial charge in [-0.1, -0.05) is 11.6 Å². The van der Waals surface area contributed by atoms with Crippen molar-refractivity contribution in [3.63, 3.8) is 0 Å². The minimum atomic E-state index is -0.299. The number of aromatic nitrogens is 1. The van der Waals surface area contributed by atoms with Gasteiger partial charge in [0, 0.05) is 42.9 Å². The van der Waals surface area contributed by atoms with Crippen molar-refractivity contribution in [2.75, 3.05) is 44.7 Å². The molecule has 0 spiro atoms. The average molecular weight is 469 g/mol. The van der Waals surface area contributed by atoms with Crippen LogP contribution >= 0.6 is 12.2 Å². The number of hydrogen-bond donors (Lipinski definition) is 2. The maximum atomic E-state index is 13.3. The number of ether oxygens (including phenoxy) is 1. The molecular weight excluding hydrogens is 439 g/mol. The minimum Gasteiger partial charge on any atom is -0.379 e. The van der Waals surface area contributed by atoms with Gasteiger partial charge in [-0.25, -0.2) is 4.39 Å². The predicted molar refractivity (Wildman–Crippen MR) is 134 cm³/mol. The van der Waals surface area contributed by atoms with E-state index in [9.17, 15) is 9.18 Å². The van der Waals surface area contributed by atoms with Gasteiger partial charge in [0.05, 0.1) is 19.8 Å². The summed E-state index contributed by atoms with van der Waals surface area (Å²) < 4.78 is 18.7. The van der Waals surface area contributed by atoms with E-state index in [0.29, 0.717) is 29.5 Å². The van der Waals surface area contributed by atoms with Crippen LogP contribution in [0.4, 0.5) is 10.1 Å². The molecule has 0 unspecified atom stereocenters. The Morgan fingerprint density at radius 2 is 1.94 bits per heavy atom. The number of fused-ring (bicyclic) bond motifs is 1. The Labute approximate surface area is 198 Å². The molecule has 174 valence electrons. The molecule has 1 aromatic heterocycles. The lowest BCUT2D eigenvalue weighted by Crippen LogP contribution is -2.40. The zero-order chi connectivity index (χ0) is 23.2. The van der Waals surface area contributed by atoms with Crippen LogP contribution in [0.5, 0.6) is 0 Å². The molecule has 2 heterocycles. The number of aromatic amines is 1. The molecule has 0 saturated carbocycles. The van der Waals surface area contributed by atoms with Gasteiger partial charge in [0.25, 0.3) is 5.56 Å². The van der Waals surface area contributed by atoms with Crippen molar-refractivity contribution in [3.8, 4) is 0 Å². The lowest BCUT2D eigenvalue weighted by molar-refractivity contribution is 0.0367. The summed E-state index contributed by atoms with van der Waals surface area (Å²) >= 11 is 5.69. The number of nitrogens with zero attached hydrogens (tertiary/aromatic N) is 2. The fourth-order valence-corrected chi connectivity index (χ4v) is 4.27. The van der Waals surface area contributed by atoms with E-state index in [-0.39, 0.29) is 11.4 Å². The van der Waals surface area contributed by atoms with Gasteiger partial charge in [-0.05, 0) is 73.4 Å². The second-order valence-electron chi connectivity index (χ2n) is 8.38. The quantitative estimate of drug-likeness (QED) is 0.513. The predicted octanol–water partition coefficient (Wildman–Crippen LogP) is 3.90. The number of anilines is 1. The molecule has 0 bridgehead atoms. The molecule has 1 aliphatic heterocycles. The molecule has 0 amide bonds. The molecule has 6 nitrogen and oxygen atoms in total. The van der Waals surface area contributed by atoms with Gasteiger partial charge < -0.3 is 19.9 Å². The third-order valence-electron chi connectivity index (χ3n) is 5.83. The molecule has 2 aromatic carbocycles. The molecule has 1 fully saturated rings. The van der Waals surface area contributed by atoms with Gasteiger partial charge in [0.1, 0.15) is 5.82 Å². The highest BCUT2D eigenvalue weighted by atomic mass is 32.1. The third kappa shape index (κ3) is 6.37. The van der Waals surface area contributed by atoms with Gasteiger partial charge in [0.15, 0.2) is 5.11 Å². The number of nitrogens with one attached hydrogen (secondary N) is 2. The normalized spacial score (nSPS) is 14.4. The lowest BCUT2D eigenvalue weighted by atomic mass is 10.1. The summed E-state index contributed by atoms with van der Waals surface area (Å²) in [6, 6.07) is 14.0. The fourth-order valence-electron chi connectivity index (χ4n) is 3.99. The SMILES string of the molecule is Cc1ccc2[nH]c(=O)c(CN(CCCN3CCOCC3)C(=S)Nc3ccc(F)cc3)cc2c1. The van der Waals surface area contributed by atoms with Crippen molar-refractivity contribution >= 4 is 33.9 Å². The van der Waals surface area contributed by atoms with Crippen LogP contribution in [0.2, 0.25) is 0 Å². The smallest absolute Gasteiger partial charge is 0.253 e. The summed E-state index contributed by atoms with van der Waals surface area (Å²) in [5.41, 5.74) is 3.20. The molecule has 0 aliphatic carbocycles. The van der Waals surface area contributed by atoms with E-state index in [0.717, 1.165) is 55.7 Å². The molecule has 4 rings (SSSR count). The van der Waals surface area contributed by atoms with E-state index >= 15 is 0 Å². The highest BCUT2D eigenvalue weighted by molar-refractivity contribution is 7.80. The first kappa shape index (κ1) is 23.4. The van der Waals surface area contributed by atoms with Crippen molar-refractivity contribution in [2.45, 2.75) is 19.9 Å². The summed E-state index contributed by atoms with van der Waals surface area (Å²) in [5, 5.41) is 4.69. The number of morpholine rings is 1. The number of thiocarbonyl (C=S) groups is 1. The molecule has 33 heavy (non-hydrogen) atoms. The first-order valence-electron chi connectivity index (χ1n) is 11.2. The maximum absolute atomic E-state index is 13.3. The molecule has 0 radical (unpaired) electrons. The Bertz CT molecular complexity index is 1160. The van der Waals surface area contributed by atoms with E-state index in [4.69, 9.17) is 17.0 Å². The van der Waals surface area contributed by atoms with Crippen LogP contribution in [0.25, 0.3) is 10.9 Å². The largest absolute Gasteiger partial charge is 0.379 e. The van der Waals surface area contributed by atoms with E-state index in [1.807, 2.05) is 30.0 Å². The summed E-state index contributed by atoms with van der Waals surface area (Å²) in [5.74, 6) is -0.299. The Hall–Kier alpha value is -2.81. The van der Waals surface area contributed by atoms with Crippen molar-refractivity contribution in [3.05, 3.63) is 75.8 Å². The number of benzene rings is 2. The van der Waals surface area contributed by atoms with Crippen LogP contribution < -0.4 is 10.9 Å². The number of hydrogen-bond acceptors (Lipinski definition) is 4. The standard InChI is InChI=1S/C25H29FN4O2S/c1-18-3-8-23-19(15-18)16-20(24(31)28-23)17-30(10-2-9-29-11-13-32-14-12-29)25(33)27-22-6-4-21(26)5-7-22/h3-8,15-16H,2,9-14,17H2,1H3,(H,27,33)(H,28,31). The summed E-state index contributed by atoms with van der Waals surface area (Å²) in [6.45, 7) is 7.44.